The molecule has 0 saturated carbocycles. The average Bonchev–Trinajstić information content (AvgIpc) is 3.38. The van der Waals surface area contributed by atoms with Gasteiger partial charge >= 0.3 is 0 Å². The first-order chi connectivity index (χ1) is 17.6. The van der Waals surface area contributed by atoms with Crippen LogP contribution in [0.1, 0.15) is 47.6 Å². The first-order valence-electron chi connectivity index (χ1n) is 12.4. The van der Waals surface area contributed by atoms with Crippen LogP contribution in [0.15, 0.2) is 84.4 Å². The first-order valence-corrected chi connectivity index (χ1v) is 12.8. The summed E-state index contributed by atoms with van der Waals surface area (Å²) in [4.78, 5) is 4.68. The lowest BCUT2D eigenvalue weighted by Crippen LogP contribution is -2.29. The van der Waals surface area contributed by atoms with E-state index in [0.717, 1.165) is 17.7 Å². The topological polar surface area (TPSA) is 42.8 Å². The molecule has 1 aliphatic heterocycles. The van der Waals surface area contributed by atoms with E-state index in [1.807, 2.05) is 19.1 Å². The van der Waals surface area contributed by atoms with Crippen molar-refractivity contribution >= 4 is 29.2 Å². The third kappa shape index (κ3) is 4.91. The number of fused-ring (bicyclic) bond motifs is 3. The van der Waals surface area contributed by atoms with E-state index in [9.17, 15) is 0 Å². The molecule has 3 aromatic carbocycles. The van der Waals surface area contributed by atoms with Gasteiger partial charge in [-0.15, -0.1) is 0 Å². The van der Waals surface area contributed by atoms with Crippen molar-refractivity contribution in [1.29, 1.82) is 0 Å². The minimum absolute atomic E-state index is 0.272. The normalized spacial score (nSPS) is 20.0. The summed E-state index contributed by atoms with van der Waals surface area (Å²) in [7, 11) is 0. The van der Waals surface area contributed by atoms with Gasteiger partial charge in [-0.2, -0.15) is 0 Å². The molecule has 4 nitrogen and oxygen atoms in total. The van der Waals surface area contributed by atoms with Crippen LogP contribution in [0.4, 0.5) is 11.4 Å². The molecule has 0 unspecified atom stereocenters. The summed E-state index contributed by atoms with van der Waals surface area (Å²) in [5.41, 5.74) is 6.97. The van der Waals surface area contributed by atoms with Crippen LogP contribution in [-0.2, 0) is 0 Å². The molecule has 1 aliphatic carbocycles. The summed E-state index contributed by atoms with van der Waals surface area (Å²) in [6.45, 7) is 8.65. The molecule has 184 valence electrons. The van der Waals surface area contributed by atoms with Crippen LogP contribution in [0, 0.1) is 12.8 Å². The van der Waals surface area contributed by atoms with Crippen LogP contribution in [0.3, 0.4) is 0 Å². The number of aryl methyl sites for hydroxylation is 1. The Morgan fingerprint density at radius 1 is 1.11 bits per heavy atom. The number of benzene rings is 3. The maximum atomic E-state index is 6.47. The molecular weight excluding hydrogens is 468 g/mol. The predicted molar refractivity (Wildman–Crippen MR) is 150 cm³/mol. The Balaban J connectivity index is 1.35. The number of rotatable bonds is 8. The summed E-state index contributed by atoms with van der Waals surface area (Å²) >= 11 is 6.47. The van der Waals surface area contributed by atoms with E-state index in [1.165, 1.54) is 22.4 Å². The van der Waals surface area contributed by atoms with Gasteiger partial charge in [0.15, 0.2) is 11.5 Å². The number of nitrogens with zero attached hydrogens (tertiary/aromatic N) is 1. The van der Waals surface area contributed by atoms with Gasteiger partial charge < -0.3 is 14.8 Å². The van der Waals surface area contributed by atoms with E-state index < -0.39 is 0 Å². The minimum Gasteiger partial charge on any atom is -0.490 e. The fraction of sp³-hybridized carbons (Fsp3) is 0.258. The van der Waals surface area contributed by atoms with Gasteiger partial charge in [-0.3, -0.25) is 4.99 Å². The summed E-state index contributed by atoms with van der Waals surface area (Å²) in [6.07, 6.45) is 9.28. The van der Waals surface area contributed by atoms with E-state index in [0.29, 0.717) is 41.6 Å². The number of halogens is 1. The maximum Gasteiger partial charge on any atom is 0.180 e. The van der Waals surface area contributed by atoms with Crippen LogP contribution in [0.25, 0.3) is 0 Å². The van der Waals surface area contributed by atoms with Crippen molar-refractivity contribution in [2.45, 2.75) is 32.2 Å². The Hall–Kier alpha value is -3.50. The van der Waals surface area contributed by atoms with E-state index >= 15 is 0 Å². The van der Waals surface area contributed by atoms with Crippen molar-refractivity contribution in [1.82, 2.24) is 0 Å². The molecule has 0 fully saturated rings. The van der Waals surface area contributed by atoms with Crippen molar-refractivity contribution in [3.05, 3.63) is 107 Å². The van der Waals surface area contributed by atoms with Crippen molar-refractivity contribution in [2.75, 3.05) is 18.5 Å². The lowest BCUT2D eigenvalue weighted by Gasteiger charge is -2.37. The molecule has 0 aromatic heterocycles. The Labute approximate surface area is 218 Å². The third-order valence-corrected chi connectivity index (χ3v) is 7.09. The monoisotopic (exact) mass is 498 g/mol. The maximum absolute atomic E-state index is 6.47. The second-order valence-corrected chi connectivity index (χ2v) is 9.69. The van der Waals surface area contributed by atoms with Gasteiger partial charge in [0.25, 0.3) is 0 Å². The van der Waals surface area contributed by atoms with Crippen molar-refractivity contribution in [3.63, 3.8) is 0 Å². The predicted octanol–water partition coefficient (Wildman–Crippen LogP) is 8.19. The molecule has 5 rings (SSSR count). The molecule has 1 heterocycles. The van der Waals surface area contributed by atoms with Crippen LogP contribution >= 0.6 is 11.6 Å². The third-order valence-electron chi connectivity index (χ3n) is 6.81. The molecule has 36 heavy (non-hydrogen) atoms. The lowest BCUT2D eigenvalue weighted by molar-refractivity contribution is 0.297. The number of anilines is 1. The molecular formula is C31H31ClN2O2. The van der Waals surface area contributed by atoms with Gasteiger partial charge in [0.05, 0.1) is 23.4 Å². The molecule has 1 N–H and O–H groups in total. The molecule has 5 heteroatoms. The van der Waals surface area contributed by atoms with Gasteiger partial charge in [0.1, 0.15) is 6.61 Å². The fourth-order valence-electron chi connectivity index (χ4n) is 5.17. The number of hydrogen-bond acceptors (Lipinski definition) is 4. The quantitative estimate of drug-likeness (QED) is 0.251. The van der Waals surface area contributed by atoms with E-state index in [1.54, 1.807) is 12.3 Å². The summed E-state index contributed by atoms with van der Waals surface area (Å²) < 4.78 is 11.4. The highest BCUT2D eigenvalue weighted by molar-refractivity contribution is 6.32. The first kappa shape index (κ1) is 24.2. The minimum atomic E-state index is 0.272. The summed E-state index contributed by atoms with van der Waals surface area (Å²) in [5, 5.41) is 4.29. The zero-order valence-corrected chi connectivity index (χ0v) is 21.5. The van der Waals surface area contributed by atoms with Gasteiger partial charge in [0, 0.05) is 17.8 Å². The number of hydrogen-bond donors (Lipinski definition) is 1. The van der Waals surface area contributed by atoms with Gasteiger partial charge in [0.2, 0.25) is 0 Å². The molecule has 0 saturated heterocycles. The average molecular weight is 499 g/mol. The van der Waals surface area contributed by atoms with Crippen LogP contribution < -0.4 is 14.8 Å². The van der Waals surface area contributed by atoms with Crippen molar-refractivity contribution in [2.24, 2.45) is 10.9 Å². The second-order valence-electron chi connectivity index (χ2n) is 9.28. The highest BCUT2D eigenvalue weighted by Crippen LogP contribution is 2.50. The largest absolute Gasteiger partial charge is 0.490 e. The van der Waals surface area contributed by atoms with Crippen LogP contribution in [0.2, 0.25) is 5.02 Å². The van der Waals surface area contributed by atoms with E-state index in [-0.39, 0.29) is 6.04 Å². The van der Waals surface area contributed by atoms with Crippen molar-refractivity contribution < 1.29 is 9.47 Å². The Kier molecular flexibility index (Phi) is 7.15. The van der Waals surface area contributed by atoms with Crippen molar-refractivity contribution in [3.8, 4) is 11.5 Å². The Bertz CT molecular complexity index is 1310. The summed E-state index contributed by atoms with van der Waals surface area (Å²) in [5.74, 6) is 2.11. The fourth-order valence-corrected chi connectivity index (χ4v) is 5.44. The highest BCUT2D eigenvalue weighted by atomic mass is 35.5. The Morgan fingerprint density at radius 3 is 2.72 bits per heavy atom. The van der Waals surface area contributed by atoms with E-state index in [4.69, 9.17) is 21.1 Å². The zero-order chi connectivity index (χ0) is 25.1. The second kappa shape index (κ2) is 10.6. The van der Waals surface area contributed by atoms with E-state index in [2.05, 4.69) is 78.4 Å². The van der Waals surface area contributed by atoms with Gasteiger partial charge in [-0.25, -0.2) is 0 Å². The van der Waals surface area contributed by atoms with Crippen LogP contribution in [0.5, 0.6) is 11.5 Å². The van der Waals surface area contributed by atoms with Crippen LogP contribution in [-0.4, -0.2) is 19.4 Å². The smallest absolute Gasteiger partial charge is 0.180 e. The van der Waals surface area contributed by atoms with Gasteiger partial charge in [-0.1, -0.05) is 66.2 Å². The SMILES string of the molecule is C=CCOc1c(Cl)cc(C=Nc2ccc([C@@H]3Nc4ccc(C)cc4[C@H]4C=CC[C@@H]43)cc2)cc1OCC. The molecule has 0 radical (unpaired) electrons. The molecule has 0 spiro atoms. The van der Waals surface area contributed by atoms with Gasteiger partial charge in [-0.05, 0) is 73.2 Å². The number of aliphatic imine (C=N–C) groups is 1. The molecule has 3 atom stereocenters. The standard InChI is InChI=1S/C31H31ClN2O2/c1-4-15-36-31-27(32)17-21(18-29(31)35-5-2)19-33-23-12-10-22(11-13-23)30-25-8-6-7-24(25)26-16-20(3)9-14-28(26)34-30/h4,6-7,9-14,16-19,24-25,30,34H,1,5,8,15H2,2-3H3/t24-,25-,30-/m0/s1. The number of nitrogens with one attached hydrogen (secondary N) is 1. The molecule has 3 aromatic rings. The highest BCUT2D eigenvalue weighted by Gasteiger charge is 2.37. The molecule has 0 amide bonds. The number of ether oxygens (including phenoxy) is 2. The molecule has 2 aliphatic rings. The lowest BCUT2D eigenvalue weighted by atomic mass is 9.76. The Morgan fingerprint density at radius 2 is 1.94 bits per heavy atom. The zero-order valence-electron chi connectivity index (χ0n) is 20.7. The molecule has 0 bridgehead atoms. The number of allylic oxidation sites excluding steroid dienone is 2. The summed E-state index contributed by atoms with van der Waals surface area (Å²) in [6, 6.07) is 19.2.